The topological polar surface area (TPSA) is 93.7 Å². The van der Waals surface area contributed by atoms with E-state index in [1.165, 1.54) is 32.4 Å². The second kappa shape index (κ2) is 8.28. The fourth-order valence-electron chi connectivity index (χ4n) is 2.76. The van der Waals surface area contributed by atoms with Crippen molar-refractivity contribution in [3.63, 3.8) is 0 Å². The molecule has 0 fully saturated rings. The molecule has 7 nitrogen and oxygen atoms in total. The molecule has 0 aliphatic rings. The van der Waals surface area contributed by atoms with E-state index < -0.39 is 22.5 Å². The molecule has 0 aliphatic carbocycles. The Morgan fingerprint density at radius 3 is 2.39 bits per heavy atom. The van der Waals surface area contributed by atoms with Gasteiger partial charge in [0.25, 0.3) is 0 Å². The Morgan fingerprint density at radius 2 is 1.64 bits per heavy atom. The summed E-state index contributed by atoms with van der Waals surface area (Å²) in [6.07, 6.45) is 0. The van der Waals surface area contributed by atoms with E-state index >= 15 is 0 Å². The molecule has 3 aromatic rings. The summed E-state index contributed by atoms with van der Waals surface area (Å²) in [5, 5.41) is 4.59. The minimum atomic E-state index is -3.89. The lowest BCUT2D eigenvalue weighted by Gasteiger charge is -2.12. The van der Waals surface area contributed by atoms with Gasteiger partial charge >= 0.3 is 0 Å². The SMILES string of the molecule is COc1ccc(S(=O)(=O)NCC(=O)Nc2cccc3ccccc23)cc1OC. The van der Waals surface area contributed by atoms with E-state index in [0.29, 0.717) is 11.4 Å². The number of nitrogens with one attached hydrogen (secondary N) is 2. The minimum absolute atomic E-state index is 0.0249. The van der Waals surface area contributed by atoms with Crippen LogP contribution in [-0.2, 0) is 14.8 Å². The molecular formula is C20H20N2O5S. The third-order valence-corrected chi connectivity index (χ3v) is 5.55. The van der Waals surface area contributed by atoms with E-state index in [4.69, 9.17) is 9.47 Å². The highest BCUT2D eigenvalue weighted by Gasteiger charge is 2.18. The lowest BCUT2D eigenvalue weighted by atomic mass is 10.1. The maximum atomic E-state index is 12.5. The monoisotopic (exact) mass is 400 g/mol. The number of amides is 1. The molecule has 0 spiro atoms. The van der Waals surface area contributed by atoms with Gasteiger partial charge in [-0.25, -0.2) is 13.1 Å². The van der Waals surface area contributed by atoms with Gasteiger partial charge in [-0.3, -0.25) is 4.79 Å². The summed E-state index contributed by atoms with van der Waals surface area (Å²) in [6.45, 7) is -0.403. The standard InChI is InChI=1S/C20H20N2O5S/c1-26-18-11-10-15(12-19(18)27-2)28(24,25)21-13-20(23)22-17-9-5-7-14-6-3-4-8-16(14)17/h3-12,21H,13H2,1-2H3,(H,22,23). The van der Waals surface area contributed by atoms with Crippen LogP contribution in [0.25, 0.3) is 10.8 Å². The second-order valence-corrected chi connectivity index (χ2v) is 7.68. The molecule has 3 rings (SSSR count). The lowest BCUT2D eigenvalue weighted by Crippen LogP contribution is -2.33. The maximum Gasteiger partial charge on any atom is 0.241 e. The van der Waals surface area contributed by atoms with Gasteiger partial charge in [0.15, 0.2) is 11.5 Å². The number of rotatable bonds is 7. The summed E-state index contributed by atoms with van der Waals surface area (Å²) in [5.41, 5.74) is 0.619. The molecule has 28 heavy (non-hydrogen) atoms. The van der Waals surface area contributed by atoms with Gasteiger partial charge < -0.3 is 14.8 Å². The zero-order valence-corrected chi connectivity index (χ0v) is 16.2. The van der Waals surface area contributed by atoms with Crippen molar-refractivity contribution >= 4 is 32.4 Å². The normalized spacial score (nSPS) is 11.2. The van der Waals surface area contributed by atoms with Gasteiger partial charge in [-0.2, -0.15) is 0 Å². The molecule has 146 valence electrons. The second-order valence-electron chi connectivity index (χ2n) is 5.92. The fourth-order valence-corrected chi connectivity index (χ4v) is 3.75. The summed E-state index contributed by atoms with van der Waals surface area (Å²) >= 11 is 0. The van der Waals surface area contributed by atoms with Crippen molar-refractivity contribution in [3.05, 3.63) is 60.7 Å². The predicted molar refractivity (Wildman–Crippen MR) is 107 cm³/mol. The summed E-state index contributed by atoms with van der Waals surface area (Å²) in [5.74, 6) is 0.223. The number of benzene rings is 3. The first-order valence-electron chi connectivity index (χ1n) is 8.44. The van der Waals surface area contributed by atoms with Gasteiger partial charge in [0.05, 0.1) is 25.7 Å². The van der Waals surface area contributed by atoms with E-state index in [0.717, 1.165) is 10.8 Å². The maximum absolute atomic E-state index is 12.5. The molecule has 0 atom stereocenters. The van der Waals surface area contributed by atoms with Crippen molar-refractivity contribution in [1.82, 2.24) is 4.72 Å². The predicted octanol–water partition coefficient (Wildman–Crippen LogP) is 2.77. The van der Waals surface area contributed by atoms with E-state index in [9.17, 15) is 13.2 Å². The zero-order chi connectivity index (χ0) is 20.1. The number of carbonyl (C=O) groups is 1. The molecule has 0 bridgehead atoms. The van der Waals surface area contributed by atoms with E-state index in [-0.39, 0.29) is 10.6 Å². The Bertz CT molecular complexity index is 1110. The number of methoxy groups -OCH3 is 2. The van der Waals surface area contributed by atoms with Crippen molar-refractivity contribution in [2.24, 2.45) is 0 Å². The van der Waals surface area contributed by atoms with Gasteiger partial charge in [-0.1, -0.05) is 36.4 Å². The van der Waals surface area contributed by atoms with E-state index in [1.807, 2.05) is 36.4 Å². The molecule has 0 heterocycles. The molecule has 0 saturated heterocycles. The number of sulfonamides is 1. The van der Waals surface area contributed by atoms with Crippen LogP contribution in [0.15, 0.2) is 65.6 Å². The molecule has 3 aromatic carbocycles. The van der Waals surface area contributed by atoms with Gasteiger partial charge in [0, 0.05) is 17.1 Å². The van der Waals surface area contributed by atoms with Gasteiger partial charge in [-0.05, 0) is 23.6 Å². The van der Waals surface area contributed by atoms with Gasteiger partial charge in [-0.15, -0.1) is 0 Å². The van der Waals surface area contributed by atoms with Gasteiger partial charge in [0.1, 0.15) is 0 Å². The van der Waals surface area contributed by atoms with Crippen LogP contribution in [-0.4, -0.2) is 35.1 Å². The molecule has 2 N–H and O–H groups in total. The Morgan fingerprint density at radius 1 is 0.929 bits per heavy atom. The average Bonchev–Trinajstić information content (AvgIpc) is 2.72. The van der Waals surface area contributed by atoms with Crippen LogP contribution in [0.4, 0.5) is 5.69 Å². The quantitative estimate of drug-likeness (QED) is 0.636. The smallest absolute Gasteiger partial charge is 0.241 e. The molecule has 0 aromatic heterocycles. The van der Waals surface area contributed by atoms with Crippen LogP contribution in [0.2, 0.25) is 0 Å². The number of ether oxygens (including phenoxy) is 2. The summed E-state index contributed by atoms with van der Waals surface area (Å²) in [6, 6.07) is 17.3. The van der Waals surface area contributed by atoms with Crippen molar-refractivity contribution in [3.8, 4) is 11.5 Å². The number of fused-ring (bicyclic) bond motifs is 1. The molecule has 0 radical (unpaired) electrons. The van der Waals surface area contributed by atoms with E-state index in [1.54, 1.807) is 6.07 Å². The highest BCUT2D eigenvalue weighted by Crippen LogP contribution is 2.29. The van der Waals surface area contributed by atoms with Crippen LogP contribution in [0.1, 0.15) is 0 Å². The van der Waals surface area contributed by atoms with Crippen molar-refractivity contribution in [2.45, 2.75) is 4.90 Å². The van der Waals surface area contributed by atoms with Crippen LogP contribution in [0.5, 0.6) is 11.5 Å². The van der Waals surface area contributed by atoms with Crippen molar-refractivity contribution in [1.29, 1.82) is 0 Å². The summed E-state index contributed by atoms with van der Waals surface area (Å²) in [4.78, 5) is 12.3. The van der Waals surface area contributed by atoms with E-state index in [2.05, 4.69) is 10.0 Å². The number of carbonyl (C=O) groups excluding carboxylic acids is 1. The fraction of sp³-hybridized carbons (Fsp3) is 0.150. The van der Waals surface area contributed by atoms with Crippen LogP contribution >= 0.6 is 0 Å². The molecule has 0 saturated carbocycles. The molecule has 8 heteroatoms. The highest BCUT2D eigenvalue weighted by molar-refractivity contribution is 7.89. The summed E-state index contributed by atoms with van der Waals surface area (Å²) < 4.78 is 37.5. The lowest BCUT2D eigenvalue weighted by molar-refractivity contribution is -0.115. The average molecular weight is 400 g/mol. The molecule has 0 unspecified atom stereocenters. The Balaban J connectivity index is 1.71. The summed E-state index contributed by atoms with van der Waals surface area (Å²) in [7, 11) is -1.02. The van der Waals surface area contributed by atoms with Crippen molar-refractivity contribution < 1.29 is 22.7 Å². The van der Waals surface area contributed by atoms with Gasteiger partial charge in [0.2, 0.25) is 15.9 Å². The first-order chi connectivity index (χ1) is 13.4. The Labute approximate surface area is 163 Å². The van der Waals surface area contributed by atoms with Crippen LogP contribution in [0, 0.1) is 0 Å². The minimum Gasteiger partial charge on any atom is -0.493 e. The molecule has 1 amide bonds. The van der Waals surface area contributed by atoms with Crippen molar-refractivity contribution in [2.75, 3.05) is 26.1 Å². The molecule has 0 aliphatic heterocycles. The largest absolute Gasteiger partial charge is 0.493 e. The molecular weight excluding hydrogens is 380 g/mol. The first kappa shape index (κ1) is 19.7. The van der Waals surface area contributed by atoms with Crippen LogP contribution in [0.3, 0.4) is 0 Å². The number of hydrogen-bond donors (Lipinski definition) is 2. The number of hydrogen-bond acceptors (Lipinski definition) is 5. The first-order valence-corrected chi connectivity index (χ1v) is 9.92. The Kier molecular flexibility index (Phi) is 5.81. The number of anilines is 1. The third kappa shape index (κ3) is 4.24. The Hall–Kier alpha value is -3.10. The van der Waals surface area contributed by atoms with Crippen LogP contribution < -0.4 is 19.5 Å². The third-order valence-electron chi connectivity index (χ3n) is 4.15. The zero-order valence-electron chi connectivity index (χ0n) is 15.4. The highest BCUT2D eigenvalue weighted by atomic mass is 32.2.